The monoisotopic (exact) mass is 190 g/mol. The Morgan fingerprint density at radius 1 is 1.54 bits per heavy atom. The number of rotatable bonds is 5. The number of aliphatic hydroxyl groups is 1. The highest BCUT2D eigenvalue weighted by Crippen LogP contribution is 2.13. The molecule has 13 heavy (non-hydrogen) atoms. The quantitative estimate of drug-likeness (QED) is 0.654. The van der Waals surface area contributed by atoms with E-state index in [2.05, 4.69) is 0 Å². The summed E-state index contributed by atoms with van der Waals surface area (Å²) in [6.07, 6.45) is 2.18. The summed E-state index contributed by atoms with van der Waals surface area (Å²) in [6, 6.07) is 0. The highest BCUT2D eigenvalue weighted by atomic mass is 16.7. The normalized spacial score (nSPS) is 25.8. The summed E-state index contributed by atoms with van der Waals surface area (Å²) in [5, 5.41) is 9.18. The van der Waals surface area contributed by atoms with Crippen LogP contribution in [0.3, 0.4) is 0 Å². The maximum absolute atomic E-state index is 9.18. The Morgan fingerprint density at radius 2 is 2.38 bits per heavy atom. The summed E-state index contributed by atoms with van der Waals surface area (Å²) in [4.78, 5) is 0. The molecule has 4 heteroatoms. The third-order valence-corrected chi connectivity index (χ3v) is 1.92. The van der Waals surface area contributed by atoms with E-state index in [1.54, 1.807) is 0 Å². The molecule has 0 amide bonds. The van der Waals surface area contributed by atoms with Gasteiger partial charge in [0.2, 0.25) is 0 Å². The summed E-state index contributed by atoms with van der Waals surface area (Å²) in [5.41, 5.74) is 0. The summed E-state index contributed by atoms with van der Waals surface area (Å²) in [7, 11) is 0. The largest absolute Gasteiger partial charge is 0.366 e. The van der Waals surface area contributed by atoms with Crippen molar-refractivity contribution in [3.8, 4) is 0 Å². The first-order valence-electron chi connectivity index (χ1n) is 4.85. The van der Waals surface area contributed by atoms with Gasteiger partial charge in [-0.05, 0) is 26.2 Å². The van der Waals surface area contributed by atoms with Gasteiger partial charge in [-0.15, -0.1) is 0 Å². The smallest absolute Gasteiger partial charge is 0.178 e. The fraction of sp³-hybridized carbons (Fsp3) is 1.00. The Bertz CT molecular complexity index is 123. The first kappa shape index (κ1) is 10.9. The molecule has 0 aromatic rings. The van der Waals surface area contributed by atoms with Gasteiger partial charge in [-0.3, -0.25) is 0 Å². The zero-order chi connectivity index (χ0) is 9.52. The zero-order valence-electron chi connectivity index (χ0n) is 8.07. The first-order chi connectivity index (χ1) is 6.33. The molecular formula is C9H18O4. The van der Waals surface area contributed by atoms with Gasteiger partial charge in [-0.1, -0.05) is 0 Å². The van der Waals surface area contributed by atoms with Gasteiger partial charge in [-0.2, -0.15) is 0 Å². The Morgan fingerprint density at radius 3 is 3.00 bits per heavy atom. The Labute approximate surface area is 78.8 Å². The van der Waals surface area contributed by atoms with Crippen molar-refractivity contribution in [1.29, 1.82) is 0 Å². The second-order valence-electron chi connectivity index (χ2n) is 3.04. The van der Waals surface area contributed by atoms with E-state index < -0.39 is 6.29 Å². The Kier molecular flexibility index (Phi) is 5.31. The fourth-order valence-corrected chi connectivity index (χ4v) is 1.27. The van der Waals surface area contributed by atoms with Crippen LogP contribution in [0, 0.1) is 0 Å². The van der Waals surface area contributed by atoms with Crippen LogP contribution in [-0.4, -0.2) is 37.5 Å². The molecule has 1 aliphatic rings. The lowest BCUT2D eigenvalue weighted by molar-refractivity contribution is -0.211. The van der Waals surface area contributed by atoms with Gasteiger partial charge in [0, 0.05) is 13.2 Å². The predicted octanol–water partition coefficient (Wildman–Crippen LogP) is 0.885. The van der Waals surface area contributed by atoms with Gasteiger partial charge in [0.05, 0.1) is 0 Å². The molecule has 2 unspecified atom stereocenters. The molecule has 1 heterocycles. The number of aliphatic hydroxyl groups excluding tert-OH is 1. The number of ether oxygens (including phenoxy) is 3. The van der Waals surface area contributed by atoms with Crippen molar-refractivity contribution >= 4 is 0 Å². The molecule has 4 nitrogen and oxygen atoms in total. The van der Waals surface area contributed by atoms with E-state index >= 15 is 0 Å². The highest BCUT2D eigenvalue weighted by Gasteiger charge is 2.15. The van der Waals surface area contributed by atoms with E-state index in [9.17, 15) is 5.11 Å². The maximum atomic E-state index is 9.18. The summed E-state index contributed by atoms with van der Waals surface area (Å²) < 4.78 is 15.5. The maximum Gasteiger partial charge on any atom is 0.178 e. The molecule has 1 N–H and O–H groups in total. The molecule has 0 spiro atoms. The van der Waals surface area contributed by atoms with E-state index in [-0.39, 0.29) is 12.9 Å². The van der Waals surface area contributed by atoms with E-state index in [1.165, 1.54) is 0 Å². The van der Waals surface area contributed by atoms with Crippen LogP contribution in [0.5, 0.6) is 0 Å². The second kappa shape index (κ2) is 6.32. The summed E-state index contributed by atoms with van der Waals surface area (Å²) in [6.45, 7) is 3.28. The molecule has 1 rings (SSSR count). The number of hydrogen-bond donors (Lipinski definition) is 1. The van der Waals surface area contributed by atoms with Gasteiger partial charge in [0.1, 0.15) is 6.61 Å². The molecule has 0 aliphatic carbocycles. The molecule has 0 bridgehead atoms. The lowest BCUT2D eigenvalue weighted by Gasteiger charge is -2.23. The third-order valence-electron chi connectivity index (χ3n) is 1.92. The second-order valence-corrected chi connectivity index (χ2v) is 3.04. The lowest BCUT2D eigenvalue weighted by Crippen LogP contribution is -2.28. The van der Waals surface area contributed by atoms with Crippen LogP contribution < -0.4 is 0 Å². The van der Waals surface area contributed by atoms with Crippen molar-refractivity contribution in [2.24, 2.45) is 0 Å². The van der Waals surface area contributed by atoms with Crippen molar-refractivity contribution in [2.75, 3.05) is 19.8 Å². The summed E-state index contributed by atoms with van der Waals surface area (Å²) in [5.74, 6) is 0. The molecule has 0 saturated carbocycles. The van der Waals surface area contributed by atoms with Crippen molar-refractivity contribution in [3.63, 3.8) is 0 Å². The van der Waals surface area contributed by atoms with E-state index in [1.807, 2.05) is 6.92 Å². The molecule has 1 saturated heterocycles. The van der Waals surface area contributed by atoms with Crippen molar-refractivity contribution < 1.29 is 19.3 Å². The molecule has 0 aromatic heterocycles. The first-order valence-corrected chi connectivity index (χ1v) is 4.85. The van der Waals surface area contributed by atoms with Crippen LogP contribution >= 0.6 is 0 Å². The van der Waals surface area contributed by atoms with Gasteiger partial charge in [0.25, 0.3) is 0 Å². The van der Waals surface area contributed by atoms with E-state index in [0.29, 0.717) is 6.61 Å². The van der Waals surface area contributed by atoms with E-state index in [0.717, 1.165) is 25.9 Å². The molecule has 0 radical (unpaired) electrons. The minimum Gasteiger partial charge on any atom is -0.366 e. The van der Waals surface area contributed by atoms with Crippen LogP contribution in [0.1, 0.15) is 26.2 Å². The fourth-order valence-electron chi connectivity index (χ4n) is 1.27. The van der Waals surface area contributed by atoms with Crippen LogP contribution in [-0.2, 0) is 14.2 Å². The van der Waals surface area contributed by atoms with Crippen molar-refractivity contribution in [3.05, 3.63) is 0 Å². The predicted molar refractivity (Wildman–Crippen MR) is 47.2 cm³/mol. The highest BCUT2D eigenvalue weighted by molar-refractivity contribution is 4.54. The number of hydrogen-bond acceptors (Lipinski definition) is 4. The van der Waals surface area contributed by atoms with Crippen LogP contribution in [0.4, 0.5) is 0 Å². The molecule has 78 valence electrons. The van der Waals surface area contributed by atoms with Gasteiger partial charge in [0.15, 0.2) is 12.6 Å². The molecule has 1 fully saturated rings. The van der Waals surface area contributed by atoms with Crippen molar-refractivity contribution in [2.45, 2.75) is 38.8 Å². The average molecular weight is 190 g/mol. The SMILES string of the molecule is CCOC(O)COC1CCCCO1. The minimum atomic E-state index is -0.824. The van der Waals surface area contributed by atoms with Gasteiger partial charge in [-0.25, -0.2) is 0 Å². The molecular weight excluding hydrogens is 172 g/mol. The molecule has 0 aromatic carbocycles. The van der Waals surface area contributed by atoms with Crippen LogP contribution in [0.15, 0.2) is 0 Å². The standard InChI is InChI=1S/C9H18O4/c1-2-11-8(10)7-13-9-5-3-4-6-12-9/h8-10H,2-7H2,1H3. The summed E-state index contributed by atoms with van der Waals surface area (Å²) >= 11 is 0. The minimum absolute atomic E-state index is 0.149. The Balaban J connectivity index is 2.03. The van der Waals surface area contributed by atoms with Crippen molar-refractivity contribution in [1.82, 2.24) is 0 Å². The van der Waals surface area contributed by atoms with Crippen LogP contribution in [0.2, 0.25) is 0 Å². The third kappa shape index (κ3) is 4.57. The van der Waals surface area contributed by atoms with Crippen LogP contribution in [0.25, 0.3) is 0 Å². The average Bonchev–Trinajstić information content (AvgIpc) is 2.17. The molecule has 1 aliphatic heterocycles. The zero-order valence-corrected chi connectivity index (χ0v) is 8.07. The molecule has 2 atom stereocenters. The lowest BCUT2D eigenvalue weighted by atomic mass is 10.2. The Hall–Kier alpha value is -0.160. The topological polar surface area (TPSA) is 47.9 Å². The van der Waals surface area contributed by atoms with Gasteiger partial charge >= 0.3 is 0 Å². The van der Waals surface area contributed by atoms with E-state index in [4.69, 9.17) is 14.2 Å². The van der Waals surface area contributed by atoms with Gasteiger partial charge < -0.3 is 19.3 Å².